The standard InChI is InChI=1S/C52H33N3/c1-2-17-42(18-3-1)55-49-22-7-6-20-44(49)48-33-41(24-26-50(48)55)39-16-10-14-37(31-39)35-12-8-11-34(29-35)36-13-9-15-38(30-36)40-23-25-46-47(32-40)43-19-4-5-21-45(43)51-52(46)54-28-27-53-51/h1-33H. The van der Waals surface area contributed by atoms with Crippen molar-refractivity contribution in [2.75, 3.05) is 0 Å². The first-order valence-corrected chi connectivity index (χ1v) is 18.7. The molecule has 2 heterocycles. The highest BCUT2D eigenvalue weighted by molar-refractivity contribution is 6.23. The lowest BCUT2D eigenvalue weighted by molar-refractivity contribution is 1.18. The molecule has 11 rings (SSSR count). The monoisotopic (exact) mass is 699 g/mol. The average Bonchev–Trinajstić information content (AvgIpc) is 3.60. The molecule has 2 aromatic heterocycles. The fourth-order valence-corrected chi connectivity index (χ4v) is 8.45. The zero-order valence-electron chi connectivity index (χ0n) is 29.9. The van der Waals surface area contributed by atoms with Crippen LogP contribution < -0.4 is 0 Å². The highest BCUT2D eigenvalue weighted by Gasteiger charge is 2.15. The van der Waals surface area contributed by atoms with Crippen LogP contribution in [0, 0.1) is 0 Å². The minimum Gasteiger partial charge on any atom is -0.309 e. The molecule has 55 heavy (non-hydrogen) atoms. The predicted octanol–water partition coefficient (Wildman–Crippen LogP) is 13.7. The van der Waals surface area contributed by atoms with Crippen LogP contribution >= 0.6 is 0 Å². The highest BCUT2D eigenvalue weighted by Crippen LogP contribution is 2.38. The number of fused-ring (bicyclic) bond motifs is 9. The van der Waals surface area contributed by atoms with Crippen molar-refractivity contribution in [3.63, 3.8) is 0 Å². The zero-order valence-corrected chi connectivity index (χ0v) is 29.9. The molecule has 0 unspecified atom stereocenters. The van der Waals surface area contributed by atoms with Crippen LogP contribution in [0.4, 0.5) is 0 Å². The molecule has 0 saturated heterocycles. The van der Waals surface area contributed by atoms with Crippen molar-refractivity contribution >= 4 is 54.4 Å². The summed E-state index contributed by atoms with van der Waals surface area (Å²) >= 11 is 0. The van der Waals surface area contributed by atoms with Crippen LogP contribution in [0.25, 0.3) is 105 Å². The number of benzene rings is 9. The van der Waals surface area contributed by atoms with Crippen molar-refractivity contribution in [3.8, 4) is 50.2 Å². The van der Waals surface area contributed by atoms with Gasteiger partial charge in [0.2, 0.25) is 0 Å². The molecule has 0 bridgehead atoms. The molecule has 9 aromatic carbocycles. The van der Waals surface area contributed by atoms with Gasteiger partial charge in [-0.05, 0) is 110 Å². The first-order valence-electron chi connectivity index (χ1n) is 18.7. The van der Waals surface area contributed by atoms with Gasteiger partial charge >= 0.3 is 0 Å². The van der Waals surface area contributed by atoms with Crippen LogP contribution in [0.15, 0.2) is 200 Å². The quantitative estimate of drug-likeness (QED) is 0.167. The van der Waals surface area contributed by atoms with E-state index in [1.54, 1.807) is 12.4 Å². The molecule has 3 heteroatoms. The number of nitrogens with zero attached hydrogens (tertiary/aromatic N) is 3. The van der Waals surface area contributed by atoms with E-state index in [9.17, 15) is 0 Å². The van der Waals surface area contributed by atoms with Crippen LogP contribution in [0.5, 0.6) is 0 Å². The van der Waals surface area contributed by atoms with Gasteiger partial charge in [0.25, 0.3) is 0 Å². The Bertz CT molecular complexity index is 3230. The van der Waals surface area contributed by atoms with Crippen LogP contribution in [0.1, 0.15) is 0 Å². The van der Waals surface area contributed by atoms with E-state index in [-0.39, 0.29) is 0 Å². The maximum Gasteiger partial charge on any atom is 0.0971 e. The van der Waals surface area contributed by atoms with E-state index >= 15 is 0 Å². The smallest absolute Gasteiger partial charge is 0.0971 e. The van der Waals surface area contributed by atoms with Crippen molar-refractivity contribution in [2.45, 2.75) is 0 Å². The molecular formula is C52H33N3. The minimum atomic E-state index is 0.939. The maximum atomic E-state index is 4.74. The van der Waals surface area contributed by atoms with Gasteiger partial charge in [0.05, 0.1) is 22.1 Å². The van der Waals surface area contributed by atoms with Crippen molar-refractivity contribution in [1.82, 2.24) is 14.5 Å². The van der Waals surface area contributed by atoms with Crippen LogP contribution in [0.2, 0.25) is 0 Å². The second kappa shape index (κ2) is 12.6. The lowest BCUT2D eigenvalue weighted by Crippen LogP contribution is -1.92. The van der Waals surface area contributed by atoms with Gasteiger partial charge in [0.15, 0.2) is 0 Å². The number of aromatic nitrogens is 3. The molecule has 256 valence electrons. The van der Waals surface area contributed by atoms with Gasteiger partial charge in [0, 0.05) is 39.6 Å². The lowest BCUT2D eigenvalue weighted by Gasteiger charge is -2.12. The van der Waals surface area contributed by atoms with E-state index < -0.39 is 0 Å². The number of rotatable bonds is 5. The lowest BCUT2D eigenvalue weighted by atomic mass is 9.93. The highest BCUT2D eigenvalue weighted by atomic mass is 15.0. The van der Waals surface area contributed by atoms with Gasteiger partial charge in [0.1, 0.15) is 0 Å². The molecule has 11 aromatic rings. The van der Waals surface area contributed by atoms with Crippen molar-refractivity contribution in [3.05, 3.63) is 200 Å². The van der Waals surface area contributed by atoms with Gasteiger partial charge in [-0.15, -0.1) is 0 Å². The third kappa shape index (κ3) is 5.20. The molecule has 0 aliphatic carbocycles. The van der Waals surface area contributed by atoms with Gasteiger partial charge in [-0.25, -0.2) is 0 Å². The van der Waals surface area contributed by atoms with Crippen LogP contribution in [0.3, 0.4) is 0 Å². The maximum absolute atomic E-state index is 4.74. The first-order chi connectivity index (χ1) is 27.3. The largest absolute Gasteiger partial charge is 0.309 e. The third-order valence-electron chi connectivity index (χ3n) is 11.1. The second-order valence-electron chi connectivity index (χ2n) is 14.2. The Morgan fingerprint density at radius 1 is 0.273 bits per heavy atom. The van der Waals surface area contributed by atoms with E-state index in [0.29, 0.717) is 0 Å². The normalized spacial score (nSPS) is 11.6. The van der Waals surface area contributed by atoms with E-state index in [1.165, 1.54) is 82.8 Å². The van der Waals surface area contributed by atoms with E-state index in [2.05, 4.69) is 193 Å². The Labute approximate surface area is 318 Å². The summed E-state index contributed by atoms with van der Waals surface area (Å²) in [5, 5.41) is 7.14. The summed E-state index contributed by atoms with van der Waals surface area (Å²) < 4.78 is 2.37. The summed E-state index contributed by atoms with van der Waals surface area (Å²) in [6.07, 6.45) is 3.56. The van der Waals surface area contributed by atoms with Gasteiger partial charge < -0.3 is 4.57 Å². The summed E-state index contributed by atoms with van der Waals surface area (Å²) in [7, 11) is 0. The first kappa shape index (κ1) is 31.2. The molecule has 0 saturated carbocycles. The number of hydrogen-bond acceptors (Lipinski definition) is 2. The van der Waals surface area contributed by atoms with E-state index in [4.69, 9.17) is 9.97 Å². The zero-order chi connectivity index (χ0) is 36.3. The van der Waals surface area contributed by atoms with E-state index in [0.717, 1.165) is 21.8 Å². The van der Waals surface area contributed by atoms with Gasteiger partial charge in [-0.1, -0.05) is 133 Å². The fourth-order valence-electron chi connectivity index (χ4n) is 8.45. The predicted molar refractivity (Wildman–Crippen MR) is 231 cm³/mol. The Hall–Kier alpha value is -7.36. The summed E-state index contributed by atoms with van der Waals surface area (Å²) in [6.45, 7) is 0. The summed E-state index contributed by atoms with van der Waals surface area (Å²) in [5.74, 6) is 0. The van der Waals surface area contributed by atoms with Crippen molar-refractivity contribution in [1.29, 1.82) is 0 Å². The molecule has 0 aliphatic rings. The Morgan fingerprint density at radius 2 is 0.709 bits per heavy atom. The summed E-state index contributed by atoms with van der Waals surface area (Å²) in [5.41, 5.74) is 15.0. The molecule has 3 nitrogen and oxygen atoms in total. The second-order valence-corrected chi connectivity index (χ2v) is 14.2. The average molecular weight is 700 g/mol. The Balaban J connectivity index is 0.956. The molecule has 0 amide bonds. The molecule has 0 fully saturated rings. The van der Waals surface area contributed by atoms with Gasteiger partial charge in [-0.2, -0.15) is 0 Å². The Kier molecular flexibility index (Phi) is 7.17. The summed E-state index contributed by atoms with van der Waals surface area (Å²) in [4.78, 5) is 9.44. The fraction of sp³-hybridized carbons (Fsp3) is 0. The Morgan fingerprint density at radius 3 is 1.31 bits per heavy atom. The van der Waals surface area contributed by atoms with Crippen LogP contribution in [-0.2, 0) is 0 Å². The molecule has 0 radical (unpaired) electrons. The van der Waals surface area contributed by atoms with Crippen molar-refractivity contribution in [2.24, 2.45) is 0 Å². The minimum absolute atomic E-state index is 0.939. The molecule has 0 aliphatic heterocycles. The molecule has 0 atom stereocenters. The number of para-hydroxylation sites is 2. The number of hydrogen-bond donors (Lipinski definition) is 0. The van der Waals surface area contributed by atoms with Gasteiger partial charge in [-0.3, -0.25) is 9.97 Å². The summed E-state index contributed by atoms with van der Waals surface area (Å²) in [6, 6.07) is 68.2. The van der Waals surface area contributed by atoms with E-state index in [1.807, 2.05) is 0 Å². The molecule has 0 spiro atoms. The molecular weight excluding hydrogens is 667 g/mol. The SMILES string of the molecule is c1ccc(-n2c3ccccc3c3cc(-c4cccc(-c5cccc(-c6cccc(-c7ccc8c(c7)c7ccccc7c7nccnc87)c6)c5)c4)ccc32)cc1. The third-order valence-corrected chi connectivity index (χ3v) is 11.1. The molecule has 0 N–H and O–H groups in total. The van der Waals surface area contributed by atoms with Crippen molar-refractivity contribution < 1.29 is 0 Å². The van der Waals surface area contributed by atoms with Crippen LogP contribution in [-0.4, -0.2) is 14.5 Å². The topological polar surface area (TPSA) is 30.7 Å².